The summed E-state index contributed by atoms with van der Waals surface area (Å²) in [6, 6.07) is 6.16. The van der Waals surface area contributed by atoms with Crippen molar-refractivity contribution >= 4 is 23.2 Å². The van der Waals surface area contributed by atoms with Crippen LogP contribution in [0.5, 0.6) is 0 Å². The molecule has 1 unspecified atom stereocenters. The quantitative estimate of drug-likeness (QED) is 0.637. The lowest BCUT2D eigenvalue weighted by molar-refractivity contribution is 0.258. The minimum atomic E-state index is 0.261. The summed E-state index contributed by atoms with van der Waals surface area (Å²) in [5.74, 6) is 0. The van der Waals surface area contributed by atoms with E-state index in [-0.39, 0.29) is 6.04 Å². The van der Waals surface area contributed by atoms with Gasteiger partial charge >= 0.3 is 0 Å². The fraction of sp³-hybridized carbons (Fsp3) is 0.647. The van der Waals surface area contributed by atoms with Gasteiger partial charge in [-0.2, -0.15) is 0 Å². The summed E-state index contributed by atoms with van der Waals surface area (Å²) in [4.78, 5) is 2.53. The van der Waals surface area contributed by atoms with Crippen LogP contribution in [0.4, 0.5) is 0 Å². The van der Waals surface area contributed by atoms with Gasteiger partial charge in [-0.25, -0.2) is 0 Å². The number of halogens is 2. The SMILES string of the molecule is CCCN(CCC)CCC(NCC)c1cccc(Cl)c1Cl. The van der Waals surface area contributed by atoms with E-state index in [9.17, 15) is 0 Å². The Bertz CT molecular complexity index is 404. The molecule has 1 rings (SSSR count). The Morgan fingerprint density at radius 1 is 1.05 bits per heavy atom. The molecule has 0 spiro atoms. The van der Waals surface area contributed by atoms with Crippen molar-refractivity contribution in [2.75, 3.05) is 26.2 Å². The minimum absolute atomic E-state index is 0.261. The Balaban J connectivity index is 2.75. The monoisotopic (exact) mass is 330 g/mol. The molecule has 1 N–H and O–H groups in total. The first-order valence-corrected chi connectivity index (χ1v) is 8.79. The molecule has 0 heterocycles. The normalized spacial score (nSPS) is 12.9. The van der Waals surface area contributed by atoms with Gasteiger partial charge in [0.05, 0.1) is 10.0 Å². The van der Waals surface area contributed by atoms with E-state index < -0.39 is 0 Å². The van der Waals surface area contributed by atoms with Crippen LogP contribution in [0.3, 0.4) is 0 Å². The molecule has 0 aliphatic carbocycles. The molecule has 0 aromatic heterocycles. The average molecular weight is 331 g/mol. The maximum absolute atomic E-state index is 6.38. The number of benzene rings is 1. The summed E-state index contributed by atoms with van der Waals surface area (Å²) in [5, 5.41) is 4.86. The highest BCUT2D eigenvalue weighted by atomic mass is 35.5. The zero-order valence-electron chi connectivity index (χ0n) is 13.5. The van der Waals surface area contributed by atoms with Crippen LogP contribution in [0.15, 0.2) is 18.2 Å². The van der Waals surface area contributed by atoms with Gasteiger partial charge in [-0.05, 0) is 57.1 Å². The number of nitrogens with one attached hydrogen (secondary N) is 1. The van der Waals surface area contributed by atoms with E-state index in [2.05, 4.69) is 37.1 Å². The average Bonchev–Trinajstić information content (AvgIpc) is 2.47. The number of hydrogen-bond donors (Lipinski definition) is 1. The first kappa shape index (κ1) is 18.8. The lowest BCUT2D eigenvalue weighted by Crippen LogP contribution is -2.31. The van der Waals surface area contributed by atoms with E-state index in [0.717, 1.165) is 38.2 Å². The number of rotatable bonds is 10. The molecule has 0 fully saturated rings. The maximum Gasteiger partial charge on any atom is 0.0640 e. The Hall–Kier alpha value is -0.280. The maximum atomic E-state index is 6.38. The van der Waals surface area contributed by atoms with Crippen molar-refractivity contribution in [3.8, 4) is 0 Å². The lowest BCUT2D eigenvalue weighted by Gasteiger charge is -2.26. The molecule has 1 aromatic rings. The van der Waals surface area contributed by atoms with Crippen LogP contribution in [-0.2, 0) is 0 Å². The van der Waals surface area contributed by atoms with Crippen molar-refractivity contribution in [1.82, 2.24) is 10.2 Å². The van der Waals surface area contributed by atoms with Crippen LogP contribution in [0.2, 0.25) is 10.0 Å². The number of nitrogens with zero attached hydrogens (tertiary/aromatic N) is 1. The second kappa shape index (κ2) is 10.4. The third-order valence-corrected chi connectivity index (χ3v) is 4.45. The Kier molecular flexibility index (Phi) is 9.34. The van der Waals surface area contributed by atoms with Crippen LogP contribution in [0.25, 0.3) is 0 Å². The Morgan fingerprint density at radius 2 is 1.71 bits per heavy atom. The van der Waals surface area contributed by atoms with E-state index in [0.29, 0.717) is 10.0 Å². The van der Waals surface area contributed by atoms with Crippen molar-refractivity contribution < 1.29 is 0 Å². The topological polar surface area (TPSA) is 15.3 Å². The molecular formula is C17H28Cl2N2. The summed E-state index contributed by atoms with van der Waals surface area (Å²) in [5.41, 5.74) is 1.11. The van der Waals surface area contributed by atoms with Crippen LogP contribution in [-0.4, -0.2) is 31.1 Å². The van der Waals surface area contributed by atoms with E-state index >= 15 is 0 Å². The van der Waals surface area contributed by atoms with Crippen molar-refractivity contribution in [1.29, 1.82) is 0 Å². The van der Waals surface area contributed by atoms with E-state index in [1.807, 2.05) is 12.1 Å². The largest absolute Gasteiger partial charge is 0.310 e. The molecule has 0 saturated heterocycles. The standard InChI is InChI=1S/C17H28Cl2N2/c1-4-11-21(12-5-2)13-10-16(20-6-3)14-8-7-9-15(18)17(14)19/h7-9,16,20H,4-6,10-13H2,1-3H3. The summed E-state index contributed by atoms with van der Waals surface area (Å²) in [6.07, 6.45) is 3.45. The molecule has 2 nitrogen and oxygen atoms in total. The smallest absolute Gasteiger partial charge is 0.0640 e. The second-order valence-corrected chi connectivity index (χ2v) is 6.17. The predicted molar refractivity (Wildman–Crippen MR) is 94.5 cm³/mol. The van der Waals surface area contributed by atoms with Gasteiger partial charge in [0, 0.05) is 6.04 Å². The molecule has 0 aliphatic heterocycles. The third-order valence-electron chi connectivity index (χ3n) is 3.62. The summed E-state index contributed by atoms with van der Waals surface area (Å²) in [7, 11) is 0. The van der Waals surface area contributed by atoms with Crippen molar-refractivity contribution in [3.63, 3.8) is 0 Å². The molecule has 0 bridgehead atoms. The van der Waals surface area contributed by atoms with Gasteiger partial charge in [0.2, 0.25) is 0 Å². The fourth-order valence-electron chi connectivity index (χ4n) is 2.68. The summed E-state index contributed by atoms with van der Waals surface area (Å²) < 4.78 is 0. The molecular weight excluding hydrogens is 303 g/mol. The summed E-state index contributed by atoms with van der Waals surface area (Å²) >= 11 is 12.5. The molecule has 0 aliphatic rings. The highest BCUT2D eigenvalue weighted by Gasteiger charge is 2.16. The molecule has 120 valence electrons. The fourth-order valence-corrected chi connectivity index (χ4v) is 3.12. The third kappa shape index (κ3) is 6.15. The predicted octanol–water partition coefficient (Wildman–Crippen LogP) is 5.16. The molecule has 4 heteroatoms. The van der Waals surface area contributed by atoms with Gasteiger partial charge < -0.3 is 10.2 Å². The number of hydrogen-bond acceptors (Lipinski definition) is 2. The minimum Gasteiger partial charge on any atom is -0.310 e. The zero-order chi connectivity index (χ0) is 15.7. The van der Waals surface area contributed by atoms with Crippen molar-refractivity contribution in [2.24, 2.45) is 0 Å². The van der Waals surface area contributed by atoms with Gasteiger partial charge in [-0.3, -0.25) is 0 Å². The first-order chi connectivity index (χ1) is 10.1. The highest BCUT2D eigenvalue weighted by molar-refractivity contribution is 6.42. The van der Waals surface area contributed by atoms with Crippen LogP contribution in [0, 0.1) is 0 Å². The van der Waals surface area contributed by atoms with Gasteiger partial charge in [-0.15, -0.1) is 0 Å². The summed E-state index contributed by atoms with van der Waals surface area (Å²) in [6.45, 7) is 10.9. The van der Waals surface area contributed by atoms with Crippen molar-refractivity contribution in [2.45, 2.75) is 46.1 Å². The van der Waals surface area contributed by atoms with E-state index in [1.165, 1.54) is 12.8 Å². The second-order valence-electron chi connectivity index (χ2n) is 5.38. The lowest BCUT2D eigenvalue weighted by atomic mass is 10.0. The first-order valence-electron chi connectivity index (χ1n) is 8.03. The van der Waals surface area contributed by atoms with Crippen molar-refractivity contribution in [3.05, 3.63) is 33.8 Å². The van der Waals surface area contributed by atoms with Gasteiger partial charge in [0.1, 0.15) is 0 Å². The molecule has 0 saturated carbocycles. The van der Waals surface area contributed by atoms with Gasteiger partial charge in [0.25, 0.3) is 0 Å². The highest BCUT2D eigenvalue weighted by Crippen LogP contribution is 2.31. The molecule has 1 atom stereocenters. The van der Waals surface area contributed by atoms with Gasteiger partial charge in [-0.1, -0.05) is 56.1 Å². The zero-order valence-corrected chi connectivity index (χ0v) is 15.0. The molecule has 1 aromatic carbocycles. The van der Waals surface area contributed by atoms with Crippen LogP contribution >= 0.6 is 23.2 Å². The van der Waals surface area contributed by atoms with Crippen LogP contribution in [0.1, 0.15) is 51.6 Å². The molecule has 0 radical (unpaired) electrons. The molecule has 21 heavy (non-hydrogen) atoms. The Morgan fingerprint density at radius 3 is 2.29 bits per heavy atom. The van der Waals surface area contributed by atoms with E-state index in [4.69, 9.17) is 23.2 Å². The van der Waals surface area contributed by atoms with Gasteiger partial charge in [0.15, 0.2) is 0 Å². The molecule has 0 amide bonds. The Labute approximate surface area is 139 Å². The van der Waals surface area contributed by atoms with Crippen LogP contribution < -0.4 is 5.32 Å². The van der Waals surface area contributed by atoms with E-state index in [1.54, 1.807) is 0 Å².